The van der Waals surface area contributed by atoms with E-state index in [2.05, 4.69) is 9.98 Å². The van der Waals surface area contributed by atoms with Crippen molar-refractivity contribution in [3.8, 4) is 0 Å². The van der Waals surface area contributed by atoms with E-state index >= 15 is 0 Å². The number of nitrogens with zero attached hydrogens (tertiary/aromatic N) is 2. The maximum atomic E-state index is 11.6. The average Bonchev–Trinajstić information content (AvgIpc) is 2.55. The van der Waals surface area contributed by atoms with Crippen LogP contribution >= 0.6 is 0 Å². The lowest BCUT2D eigenvalue weighted by molar-refractivity contribution is 0.609. The maximum absolute atomic E-state index is 11.6. The lowest BCUT2D eigenvalue weighted by Crippen LogP contribution is -1.97. The van der Waals surface area contributed by atoms with Crippen molar-refractivity contribution in [3.63, 3.8) is 0 Å². The topological polar surface area (TPSA) is 85.4 Å². The molecule has 6 heteroatoms. The Balaban J connectivity index is 2.57. The number of hydrogen-bond donors (Lipinski definition) is 1. The standard InChI is InChI=1S/C10H7N3O2S/c11-6-3-4-12-7-1-2-8-10(9(6)7)13-5-16(8,14)15/h1-5H,(H2,11,12). The monoisotopic (exact) mass is 233 g/mol. The van der Waals surface area contributed by atoms with Crippen LogP contribution in [0.1, 0.15) is 0 Å². The highest BCUT2D eigenvalue weighted by Crippen LogP contribution is 2.38. The van der Waals surface area contributed by atoms with Gasteiger partial charge in [-0.3, -0.25) is 4.98 Å². The van der Waals surface area contributed by atoms with Crippen LogP contribution in [0.25, 0.3) is 10.9 Å². The van der Waals surface area contributed by atoms with E-state index in [0.29, 0.717) is 22.3 Å². The van der Waals surface area contributed by atoms with Gasteiger partial charge in [0.05, 0.1) is 21.5 Å². The minimum Gasteiger partial charge on any atom is -0.398 e. The fraction of sp³-hybridized carbons (Fsp3) is 0. The van der Waals surface area contributed by atoms with Crippen molar-refractivity contribution >= 4 is 37.7 Å². The third-order valence-corrected chi connectivity index (χ3v) is 3.83. The Morgan fingerprint density at radius 3 is 2.81 bits per heavy atom. The second-order valence-electron chi connectivity index (χ2n) is 3.49. The molecule has 3 rings (SSSR count). The molecule has 5 nitrogen and oxygen atoms in total. The van der Waals surface area contributed by atoms with Crippen molar-refractivity contribution in [2.45, 2.75) is 4.90 Å². The van der Waals surface area contributed by atoms with E-state index in [1.807, 2.05) is 0 Å². The summed E-state index contributed by atoms with van der Waals surface area (Å²) >= 11 is 0. The number of benzene rings is 1. The predicted octanol–water partition coefficient (Wildman–Crippen LogP) is 1.26. The Kier molecular flexibility index (Phi) is 1.62. The molecule has 1 aromatic carbocycles. The number of nitrogens with two attached hydrogens (primary N) is 1. The maximum Gasteiger partial charge on any atom is 0.219 e. The molecule has 0 radical (unpaired) electrons. The highest BCUT2D eigenvalue weighted by Gasteiger charge is 2.24. The van der Waals surface area contributed by atoms with Gasteiger partial charge in [-0.25, -0.2) is 13.4 Å². The number of rotatable bonds is 0. The molecule has 2 heterocycles. The summed E-state index contributed by atoms with van der Waals surface area (Å²) < 4.78 is 23.2. The molecule has 0 aliphatic carbocycles. The molecule has 2 N–H and O–H groups in total. The minimum absolute atomic E-state index is 0.194. The van der Waals surface area contributed by atoms with Gasteiger partial charge in [0.25, 0.3) is 0 Å². The summed E-state index contributed by atoms with van der Waals surface area (Å²) in [6, 6.07) is 4.77. The lowest BCUT2D eigenvalue weighted by Gasteiger charge is -2.04. The zero-order chi connectivity index (χ0) is 11.3. The van der Waals surface area contributed by atoms with Gasteiger partial charge in [0, 0.05) is 11.9 Å². The minimum atomic E-state index is -3.39. The number of aromatic nitrogens is 1. The molecule has 0 saturated heterocycles. The molecular formula is C10H7N3O2S. The van der Waals surface area contributed by atoms with E-state index in [9.17, 15) is 8.42 Å². The molecule has 0 fully saturated rings. The van der Waals surface area contributed by atoms with Crippen molar-refractivity contribution in [1.82, 2.24) is 4.98 Å². The Bertz CT molecular complexity index is 735. The molecule has 16 heavy (non-hydrogen) atoms. The van der Waals surface area contributed by atoms with Gasteiger partial charge in [-0.05, 0) is 18.2 Å². The van der Waals surface area contributed by atoms with Crippen molar-refractivity contribution in [2.75, 3.05) is 5.73 Å². The highest BCUT2D eigenvalue weighted by molar-refractivity contribution is 8.05. The Labute approximate surface area is 91.6 Å². The summed E-state index contributed by atoms with van der Waals surface area (Å²) in [6.45, 7) is 0. The van der Waals surface area contributed by atoms with Gasteiger partial charge in [-0.15, -0.1) is 0 Å². The first-order chi connectivity index (χ1) is 7.59. The molecule has 0 saturated carbocycles. The number of anilines is 1. The molecular weight excluding hydrogens is 226 g/mol. The zero-order valence-corrected chi connectivity index (χ0v) is 8.90. The van der Waals surface area contributed by atoms with Crippen LogP contribution in [0.4, 0.5) is 11.4 Å². The van der Waals surface area contributed by atoms with Gasteiger partial charge in [0.15, 0.2) is 0 Å². The third-order valence-electron chi connectivity index (χ3n) is 2.50. The molecule has 2 aromatic rings. The van der Waals surface area contributed by atoms with E-state index in [1.165, 1.54) is 6.07 Å². The number of hydrogen-bond acceptors (Lipinski definition) is 5. The van der Waals surface area contributed by atoms with Gasteiger partial charge in [0.1, 0.15) is 5.55 Å². The van der Waals surface area contributed by atoms with Crippen LogP contribution in [0.3, 0.4) is 0 Å². The van der Waals surface area contributed by atoms with Crippen LogP contribution in [-0.4, -0.2) is 18.9 Å². The normalized spacial score (nSPS) is 16.5. The number of aliphatic imine (C=N–C) groups is 1. The summed E-state index contributed by atoms with van der Waals surface area (Å²) in [5, 5.41) is 0.595. The van der Waals surface area contributed by atoms with Crippen LogP contribution in [0.5, 0.6) is 0 Å². The van der Waals surface area contributed by atoms with Crippen LogP contribution < -0.4 is 5.73 Å². The largest absolute Gasteiger partial charge is 0.398 e. The molecule has 80 valence electrons. The quantitative estimate of drug-likeness (QED) is 0.742. The molecule has 1 aliphatic rings. The van der Waals surface area contributed by atoms with Gasteiger partial charge >= 0.3 is 0 Å². The predicted molar refractivity (Wildman–Crippen MR) is 61.5 cm³/mol. The third kappa shape index (κ3) is 1.07. The highest BCUT2D eigenvalue weighted by atomic mass is 32.2. The summed E-state index contributed by atoms with van der Waals surface area (Å²) in [7, 11) is -3.39. The van der Waals surface area contributed by atoms with Crippen LogP contribution in [-0.2, 0) is 9.84 Å². The first-order valence-corrected chi connectivity index (χ1v) is 6.10. The number of pyridine rings is 1. The summed E-state index contributed by atoms with van der Waals surface area (Å²) in [5.74, 6) is 0. The summed E-state index contributed by atoms with van der Waals surface area (Å²) in [4.78, 5) is 8.22. The number of nitrogen functional groups attached to an aromatic ring is 1. The second kappa shape index (κ2) is 2.79. The van der Waals surface area contributed by atoms with E-state index in [0.717, 1.165) is 5.55 Å². The molecule has 0 spiro atoms. The molecule has 0 unspecified atom stereocenters. The van der Waals surface area contributed by atoms with E-state index < -0.39 is 9.84 Å². The fourth-order valence-corrected chi connectivity index (χ4v) is 2.81. The van der Waals surface area contributed by atoms with Crippen LogP contribution in [0, 0.1) is 0 Å². The van der Waals surface area contributed by atoms with Crippen molar-refractivity contribution in [2.24, 2.45) is 4.99 Å². The smallest absolute Gasteiger partial charge is 0.219 e. The van der Waals surface area contributed by atoms with Crippen molar-refractivity contribution in [3.05, 3.63) is 24.4 Å². The van der Waals surface area contributed by atoms with Crippen molar-refractivity contribution in [1.29, 1.82) is 0 Å². The van der Waals surface area contributed by atoms with Crippen LogP contribution in [0.2, 0.25) is 0 Å². The first-order valence-electron chi connectivity index (χ1n) is 4.56. The molecule has 0 amide bonds. The zero-order valence-electron chi connectivity index (χ0n) is 8.08. The molecule has 0 bridgehead atoms. The second-order valence-corrected chi connectivity index (χ2v) is 5.23. The average molecular weight is 233 g/mol. The molecule has 1 aliphatic heterocycles. The summed E-state index contributed by atoms with van der Waals surface area (Å²) in [5.41, 5.74) is 8.28. The van der Waals surface area contributed by atoms with Gasteiger partial charge in [-0.2, -0.15) is 0 Å². The fourth-order valence-electron chi connectivity index (χ4n) is 1.77. The van der Waals surface area contributed by atoms with Gasteiger partial charge in [0.2, 0.25) is 9.84 Å². The van der Waals surface area contributed by atoms with Gasteiger partial charge in [-0.1, -0.05) is 0 Å². The number of sulfone groups is 1. The Hall–Kier alpha value is -1.95. The van der Waals surface area contributed by atoms with E-state index in [-0.39, 0.29) is 4.90 Å². The Morgan fingerprint density at radius 1 is 1.19 bits per heavy atom. The van der Waals surface area contributed by atoms with Crippen molar-refractivity contribution < 1.29 is 8.42 Å². The molecule has 0 atom stereocenters. The Morgan fingerprint density at radius 2 is 2.00 bits per heavy atom. The summed E-state index contributed by atoms with van der Waals surface area (Å²) in [6.07, 6.45) is 1.58. The SMILES string of the molecule is Nc1ccnc2ccc3c(c12)N=CS3(=O)=O. The lowest BCUT2D eigenvalue weighted by atomic mass is 10.1. The molecule has 1 aromatic heterocycles. The van der Waals surface area contributed by atoms with Crippen LogP contribution in [0.15, 0.2) is 34.3 Å². The number of fused-ring (bicyclic) bond motifs is 3. The van der Waals surface area contributed by atoms with E-state index in [1.54, 1.807) is 18.3 Å². The van der Waals surface area contributed by atoms with E-state index in [4.69, 9.17) is 5.73 Å². The first kappa shape index (κ1) is 9.29. The van der Waals surface area contributed by atoms with Gasteiger partial charge < -0.3 is 5.73 Å².